The highest BCUT2D eigenvalue weighted by molar-refractivity contribution is 4.90. The van der Waals surface area contributed by atoms with Crippen molar-refractivity contribution in [3.8, 4) is 0 Å². The highest BCUT2D eigenvalue weighted by Gasteiger charge is 2.37. The van der Waals surface area contributed by atoms with Crippen molar-refractivity contribution < 1.29 is 4.74 Å². The van der Waals surface area contributed by atoms with E-state index in [9.17, 15) is 0 Å². The maximum absolute atomic E-state index is 6.07. The minimum Gasteiger partial charge on any atom is -0.375 e. The Morgan fingerprint density at radius 1 is 1.27 bits per heavy atom. The van der Waals surface area contributed by atoms with E-state index in [2.05, 4.69) is 26.1 Å². The molecule has 1 aliphatic carbocycles. The monoisotopic (exact) mass is 213 g/mol. The SMILES string of the molecule is CCCNCCC1(OCC(C)C)CCC1. The second-order valence-electron chi connectivity index (χ2n) is 5.24. The topological polar surface area (TPSA) is 21.3 Å². The van der Waals surface area contributed by atoms with E-state index in [0.717, 1.165) is 19.7 Å². The second kappa shape index (κ2) is 6.49. The number of rotatable bonds is 8. The van der Waals surface area contributed by atoms with Gasteiger partial charge in [0.05, 0.1) is 5.60 Å². The van der Waals surface area contributed by atoms with Gasteiger partial charge < -0.3 is 10.1 Å². The Morgan fingerprint density at radius 3 is 2.47 bits per heavy atom. The molecule has 0 radical (unpaired) electrons. The fourth-order valence-electron chi connectivity index (χ4n) is 2.00. The molecule has 1 fully saturated rings. The second-order valence-corrected chi connectivity index (χ2v) is 5.24. The lowest BCUT2D eigenvalue weighted by molar-refractivity contribution is -0.112. The molecule has 0 aromatic carbocycles. The molecule has 1 rings (SSSR count). The van der Waals surface area contributed by atoms with Crippen LogP contribution in [-0.4, -0.2) is 25.3 Å². The molecule has 0 aromatic heterocycles. The first-order valence-corrected chi connectivity index (χ1v) is 6.53. The minimum absolute atomic E-state index is 0.241. The van der Waals surface area contributed by atoms with Crippen LogP contribution in [0.2, 0.25) is 0 Å². The molecule has 0 aromatic rings. The lowest BCUT2D eigenvalue weighted by atomic mass is 9.77. The fraction of sp³-hybridized carbons (Fsp3) is 1.00. The standard InChI is InChI=1S/C13H27NO/c1-4-9-14-10-8-13(6-5-7-13)15-11-12(2)3/h12,14H,4-11H2,1-3H3. The van der Waals surface area contributed by atoms with Crippen molar-refractivity contribution in [3.63, 3.8) is 0 Å². The van der Waals surface area contributed by atoms with Crippen LogP contribution in [-0.2, 0) is 4.74 Å². The van der Waals surface area contributed by atoms with Gasteiger partial charge in [-0.2, -0.15) is 0 Å². The number of nitrogens with one attached hydrogen (secondary N) is 1. The van der Waals surface area contributed by atoms with Crippen LogP contribution in [0.4, 0.5) is 0 Å². The van der Waals surface area contributed by atoms with Gasteiger partial charge in [-0.3, -0.25) is 0 Å². The highest BCUT2D eigenvalue weighted by atomic mass is 16.5. The molecular weight excluding hydrogens is 186 g/mol. The third-order valence-electron chi connectivity index (χ3n) is 3.17. The third kappa shape index (κ3) is 4.52. The lowest BCUT2D eigenvalue weighted by Crippen LogP contribution is -2.43. The predicted molar refractivity (Wildman–Crippen MR) is 65.1 cm³/mol. The van der Waals surface area contributed by atoms with E-state index in [1.54, 1.807) is 0 Å². The number of ether oxygens (including phenoxy) is 1. The number of hydrogen-bond acceptors (Lipinski definition) is 2. The summed E-state index contributed by atoms with van der Waals surface area (Å²) in [5.41, 5.74) is 0.241. The van der Waals surface area contributed by atoms with Crippen LogP contribution in [0.1, 0.15) is 52.9 Å². The van der Waals surface area contributed by atoms with Gasteiger partial charge in [-0.1, -0.05) is 20.8 Å². The van der Waals surface area contributed by atoms with E-state index < -0.39 is 0 Å². The molecule has 0 atom stereocenters. The van der Waals surface area contributed by atoms with Crippen molar-refractivity contribution >= 4 is 0 Å². The zero-order chi connectivity index (χ0) is 11.1. The van der Waals surface area contributed by atoms with E-state index in [1.165, 1.54) is 32.1 Å². The summed E-state index contributed by atoms with van der Waals surface area (Å²) in [7, 11) is 0. The number of hydrogen-bond donors (Lipinski definition) is 1. The highest BCUT2D eigenvalue weighted by Crippen LogP contribution is 2.38. The molecule has 0 unspecified atom stereocenters. The average molecular weight is 213 g/mol. The van der Waals surface area contributed by atoms with Gasteiger partial charge in [-0.25, -0.2) is 0 Å². The summed E-state index contributed by atoms with van der Waals surface area (Å²) in [5.74, 6) is 0.658. The Bertz CT molecular complexity index is 164. The molecular formula is C13H27NO. The van der Waals surface area contributed by atoms with Crippen LogP contribution in [0.3, 0.4) is 0 Å². The molecule has 90 valence electrons. The normalized spacial score (nSPS) is 19.2. The molecule has 1 N–H and O–H groups in total. The van der Waals surface area contributed by atoms with Crippen LogP contribution >= 0.6 is 0 Å². The van der Waals surface area contributed by atoms with Gasteiger partial charge >= 0.3 is 0 Å². The van der Waals surface area contributed by atoms with Crippen LogP contribution in [0.5, 0.6) is 0 Å². The van der Waals surface area contributed by atoms with Gasteiger partial charge in [0, 0.05) is 6.61 Å². The van der Waals surface area contributed by atoms with Crippen LogP contribution in [0.25, 0.3) is 0 Å². The Balaban J connectivity index is 2.15. The summed E-state index contributed by atoms with van der Waals surface area (Å²) in [6.45, 7) is 9.84. The minimum atomic E-state index is 0.241. The molecule has 15 heavy (non-hydrogen) atoms. The van der Waals surface area contributed by atoms with Gasteiger partial charge in [0.2, 0.25) is 0 Å². The van der Waals surface area contributed by atoms with Gasteiger partial charge in [-0.05, 0) is 51.1 Å². The maximum Gasteiger partial charge on any atom is 0.0694 e. The first kappa shape index (κ1) is 13.0. The summed E-state index contributed by atoms with van der Waals surface area (Å²) >= 11 is 0. The first-order valence-electron chi connectivity index (χ1n) is 6.53. The largest absolute Gasteiger partial charge is 0.375 e. The molecule has 0 amide bonds. The van der Waals surface area contributed by atoms with Crippen LogP contribution < -0.4 is 5.32 Å². The summed E-state index contributed by atoms with van der Waals surface area (Å²) in [6, 6.07) is 0. The van der Waals surface area contributed by atoms with Crippen molar-refractivity contribution in [1.29, 1.82) is 0 Å². The van der Waals surface area contributed by atoms with Crippen molar-refractivity contribution in [1.82, 2.24) is 5.32 Å². The molecule has 2 heteroatoms. The van der Waals surface area contributed by atoms with Crippen molar-refractivity contribution in [3.05, 3.63) is 0 Å². The summed E-state index contributed by atoms with van der Waals surface area (Å²) < 4.78 is 6.07. The van der Waals surface area contributed by atoms with E-state index >= 15 is 0 Å². The third-order valence-corrected chi connectivity index (χ3v) is 3.17. The van der Waals surface area contributed by atoms with Gasteiger partial charge in [0.1, 0.15) is 0 Å². The summed E-state index contributed by atoms with van der Waals surface area (Å²) in [6.07, 6.45) is 6.31. The van der Waals surface area contributed by atoms with Crippen molar-refractivity contribution in [2.45, 2.75) is 58.5 Å². The van der Waals surface area contributed by atoms with E-state index in [4.69, 9.17) is 4.74 Å². The lowest BCUT2D eigenvalue weighted by Gasteiger charge is -2.42. The van der Waals surface area contributed by atoms with Crippen LogP contribution in [0, 0.1) is 5.92 Å². The molecule has 0 spiro atoms. The summed E-state index contributed by atoms with van der Waals surface area (Å²) in [5, 5.41) is 3.47. The van der Waals surface area contributed by atoms with E-state index in [0.29, 0.717) is 5.92 Å². The zero-order valence-corrected chi connectivity index (χ0v) is 10.6. The zero-order valence-electron chi connectivity index (χ0n) is 10.6. The Hall–Kier alpha value is -0.0800. The quantitative estimate of drug-likeness (QED) is 0.626. The van der Waals surface area contributed by atoms with E-state index in [1.807, 2.05) is 0 Å². The maximum atomic E-state index is 6.07. The predicted octanol–water partition coefficient (Wildman–Crippen LogP) is 2.97. The average Bonchev–Trinajstić information content (AvgIpc) is 2.14. The fourth-order valence-corrected chi connectivity index (χ4v) is 2.00. The smallest absolute Gasteiger partial charge is 0.0694 e. The first-order chi connectivity index (χ1) is 7.18. The Labute approximate surface area is 94.8 Å². The van der Waals surface area contributed by atoms with Crippen molar-refractivity contribution in [2.75, 3.05) is 19.7 Å². The molecule has 2 nitrogen and oxygen atoms in total. The van der Waals surface area contributed by atoms with Gasteiger partial charge in [0.15, 0.2) is 0 Å². The van der Waals surface area contributed by atoms with Gasteiger partial charge in [0.25, 0.3) is 0 Å². The van der Waals surface area contributed by atoms with E-state index in [-0.39, 0.29) is 5.60 Å². The Morgan fingerprint density at radius 2 is 2.00 bits per heavy atom. The molecule has 1 aliphatic rings. The molecule has 0 bridgehead atoms. The molecule has 0 heterocycles. The summed E-state index contributed by atoms with van der Waals surface area (Å²) in [4.78, 5) is 0. The molecule has 1 saturated carbocycles. The van der Waals surface area contributed by atoms with Crippen molar-refractivity contribution in [2.24, 2.45) is 5.92 Å². The molecule has 0 saturated heterocycles. The van der Waals surface area contributed by atoms with Gasteiger partial charge in [-0.15, -0.1) is 0 Å². The van der Waals surface area contributed by atoms with Crippen LogP contribution in [0.15, 0.2) is 0 Å². The Kier molecular flexibility index (Phi) is 5.62. The molecule has 0 aliphatic heterocycles.